The number of carbonyl (C=O) groups is 1. The Morgan fingerprint density at radius 1 is 1.44 bits per heavy atom. The maximum atomic E-state index is 11.5. The molecule has 0 saturated carbocycles. The van der Waals surface area contributed by atoms with Crippen LogP contribution in [0.1, 0.15) is 31.4 Å². The fraction of sp³-hybridized carbons (Fsp3) is 0.500. The van der Waals surface area contributed by atoms with Gasteiger partial charge in [0.15, 0.2) is 0 Å². The van der Waals surface area contributed by atoms with E-state index in [1.165, 1.54) is 0 Å². The number of esters is 1. The second-order valence-corrected chi connectivity index (χ2v) is 4.41. The quantitative estimate of drug-likeness (QED) is 0.811. The van der Waals surface area contributed by atoms with Crippen LogP contribution < -0.4 is 10.1 Å². The van der Waals surface area contributed by atoms with Crippen LogP contribution in [0.5, 0.6) is 5.75 Å². The van der Waals surface area contributed by atoms with Gasteiger partial charge in [0.05, 0.1) is 13.7 Å². The summed E-state index contributed by atoms with van der Waals surface area (Å²) in [7, 11) is 1.65. The van der Waals surface area contributed by atoms with E-state index >= 15 is 0 Å². The molecule has 4 heteroatoms. The van der Waals surface area contributed by atoms with E-state index in [-0.39, 0.29) is 18.1 Å². The Balaban J connectivity index is 2.04. The molecule has 98 valence electrons. The minimum atomic E-state index is -0.169. The number of methoxy groups -OCH3 is 1. The van der Waals surface area contributed by atoms with Crippen molar-refractivity contribution in [1.82, 2.24) is 5.32 Å². The Labute approximate surface area is 107 Å². The standard InChI is InChI=1S/C14H19NO3/c1-3-12(15-13-8-9-18-14(13)16)10-4-6-11(17-2)7-5-10/h4-7,12-13,15H,3,8-9H2,1-2H3. The van der Waals surface area contributed by atoms with Crippen LogP contribution in [0, 0.1) is 0 Å². The molecule has 1 aromatic rings. The van der Waals surface area contributed by atoms with Gasteiger partial charge in [-0.15, -0.1) is 0 Å². The molecule has 0 aliphatic carbocycles. The van der Waals surface area contributed by atoms with Crippen LogP contribution in [-0.4, -0.2) is 25.7 Å². The molecule has 1 saturated heterocycles. The van der Waals surface area contributed by atoms with E-state index < -0.39 is 0 Å². The number of rotatable bonds is 5. The van der Waals surface area contributed by atoms with E-state index in [0.29, 0.717) is 6.61 Å². The van der Waals surface area contributed by atoms with E-state index in [9.17, 15) is 4.79 Å². The molecule has 18 heavy (non-hydrogen) atoms. The fourth-order valence-corrected chi connectivity index (χ4v) is 2.18. The molecule has 0 aromatic heterocycles. The molecule has 1 N–H and O–H groups in total. The van der Waals surface area contributed by atoms with E-state index in [0.717, 1.165) is 24.2 Å². The second kappa shape index (κ2) is 5.87. The summed E-state index contributed by atoms with van der Waals surface area (Å²) < 4.78 is 10.1. The lowest BCUT2D eigenvalue weighted by Gasteiger charge is -2.20. The van der Waals surface area contributed by atoms with Crippen molar-refractivity contribution in [1.29, 1.82) is 0 Å². The summed E-state index contributed by atoms with van der Waals surface area (Å²) in [6, 6.07) is 7.93. The molecule has 1 aromatic carbocycles. The normalized spacial score (nSPS) is 20.6. The average Bonchev–Trinajstić information content (AvgIpc) is 2.81. The first-order chi connectivity index (χ1) is 8.74. The number of ether oxygens (including phenoxy) is 2. The van der Waals surface area contributed by atoms with Crippen LogP contribution in [0.4, 0.5) is 0 Å². The minimum absolute atomic E-state index is 0.137. The molecule has 1 aliphatic rings. The van der Waals surface area contributed by atoms with E-state index in [2.05, 4.69) is 12.2 Å². The van der Waals surface area contributed by atoms with Crippen LogP contribution in [-0.2, 0) is 9.53 Å². The monoisotopic (exact) mass is 249 g/mol. The molecule has 2 atom stereocenters. The molecule has 0 radical (unpaired) electrons. The summed E-state index contributed by atoms with van der Waals surface area (Å²) in [5, 5.41) is 3.35. The highest BCUT2D eigenvalue weighted by Gasteiger charge is 2.28. The first-order valence-corrected chi connectivity index (χ1v) is 6.31. The predicted molar refractivity (Wildman–Crippen MR) is 68.5 cm³/mol. The second-order valence-electron chi connectivity index (χ2n) is 4.41. The third-order valence-corrected chi connectivity index (χ3v) is 3.26. The van der Waals surface area contributed by atoms with Crippen LogP contribution in [0.15, 0.2) is 24.3 Å². The van der Waals surface area contributed by atoms with Gasteiger partial charge in [0.1, 0.15) is 11.8 Å². The zero-order valence-electron chi connectivity index (χ0n) is 10.8. The molecule has 1 heterocycles. The smallest absolute Gasteiger partial charge is 0.323 e. The molecule has 1 aliphatic heterocycles. The first-order valence-electron chi connectivity index (χ1n) is 6.31. The molecule has 0 spiro atoms. The molecule has 0 amide bonds. The van der Waals surface area contributed by atoms with Crippen molar-refractivity contribution in [2.45, 2.75) is 31.8 Å². The Morgan fingerprint density at radius 2 is 2.17 bits per heavy atom. The molecule has 2 unspecified atom stereocenters. The summed E-state index contributed by atoms with van der Waals surface area (Å²) in [6.07, 6.45) is 1.68. The summed E-state index contributed by atoms with van der Waals surface area (Å²) >= 11 is 0. The zero-order valence-corrected chi connectivity index (χ0v) is 10.8. The third-order valence-electron chi connectivity index (χ3n) is 3.26. The summed E-state index contributed by atoms with van der Waals surface area (Å²) in [5.74, 6) is 0.704. The van der Waals surface area contributed by atoms with Gasteiger partial charge >= 0.3 is 5.97 Å². The Hall–Kier alpha value is -1.55. The van der Waals surface area contributed by atoms with Crippen LogP contribution in [0.3, 0.4) is 0 Å². The Bertz CT molecular complexity index is 402. The van der Waals surface area contributed by atoms with Crippen molar-refractivity contribution in [2.24, 2.45) is 0 Å². The fourth-order valence-electron chi connectivity index (χ4n) is 2.18. The van der Waals surface area contributed by atoms with Crippen molar-refractivity contribution in [2.75, 3.05) is 13.7 Å². The summed E-state index contributed by atoms with van der Waals surface area (Å²) in [6.45, 7) is 2.62. The third kappa shape index (κ3) is 2.82. The molecular formula is C14H19NO3. The van der Waals surface area contributed by atoms with Crippen molar-refractivity contribution >= 4 is 5.97 Å². The number of nitrogens with one attached hydrogen (secondary N) is 1. The van der Waals surface area contributed by atoms with Gasteiger partial charge in [0, 0.05) is 12.5 Å². The molecule has 4 nitrogen and oxygen atoms in total. The topological polar surface area (TPSA) is 47.6 Å². The average molecular weight is 249 g/mol. The molecule has 2 rings (SSSR count). The van der Waals surface area contributed by atoms with Gasteiger partial charge in [-0.2, -0.15) is 0 Å². The highest BCUT2D eigenvalue weighted by Crippen LogP contribution is 2.22. The number of cyclic esters (lactones) is 1. The zero-order chi connectivity index (χ0) is 13.0. The van der Waals surface area contributed by atoms with Crippen molar-refractivity contribution < 1.29 is 14.3 Å². The van der Waals surface area contributed by atoms with E-state index in [1.54, 1.807) is 7.11 Å². The van der Waals surface area contributed by atoms with Crippen LogP contribution in [0.25, 0.3) is 0 Å². The van der Waals surface area contributed by atoms with Crippen molar-refractivity contribution in [3.8, 4) is 5.75 Å². The lowest BCUT2D eigenvalue weighted by atomic mass is 10.0. The van der Waals surface area contributed by atoms with E-state index in [1.807, 2.05) is 24.3 Å². The van der Waals surface area contributed by atoms with E-state index in [4.69, 9.17) is 9.47 Å². The molecule has 0 bridgehead atoms. The predicted octanol–water partition coefficient (Wildman–Crippen LogP) is 2.05. The number of carbonyl (C=O) groups excluding carboxylic acids is 1. The number of hydrogen-bond acceptors (Lipinski definition) is 4. The Morgan fingerprint density at radius 3 is 2.67 bits per heavy atom. The Kier molecular flexibility index (Phi) is 4.20. The highest BCUT2D eigenvalue weighted by molar-refractivity contribution is 5.77. The van der Waals surface area contributed by atoms with Gasteiger partial charge in [0.25, 0.3) is 0 Å². The van der Waals surface area contributed by atoms with Gasteiger partial charge in [0.2, 0.25) is 0 Å². The van der Waals surface area contributed by atoms with Crippen molar-refractivity contribution in [3.63, 3.8) is 0 Å². The van der Waals surface area contributed by atoms with Gasteiger partial charge in [-0.1, -0.05) is 19.1 Å². The maximum absolute atomic E-state index is 11.5. The largest absolute Gasteiger partial charge is 0.497 e. The van der Waals surface area contributed by atoms with Crippen LogP contribution in [0.2, 0.25) is 0 Å². The number of benzene rings is 1. The lowest BCUT2D eigenvalue weighted by Crippen LogP contribution is -2.35. The maximum Gasteiger partial charge on any atom is 0.323 e. The van der Waals surface area contributed by atoms with Crippen LogP contribution >= 0.6 is 0 Å². The number of hydrogen-bond donors (Lipinski definition) is 1. The summed E-state index contributed by atoms with van der Waals surface area (Å²) in [4.78, 5) is 11.5. The SMILES string of the molecule is CCC(NC1CCOC1=O)c1ccc(OC)cc1. The van der Waals surface area contributed by atoms with Gasteiger partial charge in [-0.25, -0.2) is 0 Å². The minimum Gasteiger partial charge on any atom is -0.497 e. The van der Waals surface area contributed by atoms with Gasteiger partial charge < -0.3 is 9.47 Å². The molecule has 1 fully saturated rings. The molecular weight excluding hydrogens is 230 g/mol. The van der Waals surface area contributed by atoms with Gasteiger partial charge in [-0.3, -0.25) is 10.1 Å². The van der Waals surface area contributed by atoms with Gasteiger partial charge in [-0.05, 0) is 24.1 Å². The first kappa shape index (κ1) is 12.9. The highest BCUT2D eigenvalue weighted by atomic mass is 16.5. The van der Waals surface area contributed by atoms with Crippen molar-refractivity contribution in [3.05, 3.63) is 29.8 Å². The summed E-state index contributed by atoms with van der Waals surface area (Å²) in [5.41, 5.74) is 1.16. The lowest BCUT2D eigenvalue weighted by molar-refractivity contribution is -0.139.